The molecule has 0 spiro atoms. The van der Waals surface area contributed by atoms with Crippen molar-refractivity contribution < 1.29 is 23.8 Å². The molecule has 0 aliphatic heterocycles. The minimum absolute atomic E-state index is 0.254. The number of ether oxygens (including phenoxy) is 3. The third-order valence-electron chi connectivity index (χ3n) is 9.96. The molecule has 0 amide bonds. The highest BCUT2D eigenvalue weighted by Crippen LogP contribution is 2.44. The Hall–Kier alpha value is -4.50. The van der Waals surface area contributed by atoms with E-state index >= 15 is 0 Å². The number of anilines is 1. The summed E-state index contributed by atoms with van der Waals surface area (Å²) >= 11 is 1.53. The molecule has 1 heterocycles. The lowest BCUT2D eigenvalue weighted by Crippen LogP contribution is -2.25. The van der Waals surface area contributed by atoms with Gasteiger partial charge in [0.2, 0.25) is 11.9 Å². The van der Waals surface area contributed by atoms with E-state index in [1.165, 1.54) is 74.7 Å². The summed E-state index contributed by atoms with van der Waals surface area (Å²) in [6.07, 6.45) is 14.6. The molecule has 1 aromatic heterocycles. The normalized spacial score (nSPS) is 21.1. The van der Waals surface area contributed by atoms with E-state index in [0.29, 0.717) is 28.1 Å². The number of benzene rings is 3. The monoisotopic (exact) mass is 665 g/mol. The van der Waals surface area contributed by atoms with Crippen LogP contribution in [0.5, 0.6) is 11.5 Å². The Labute approximate surface area is 286 Å². The van der Waals surface area contributed by atoms with Crippen molar-refractivity contribution >= 4 is 44.8 Å². The average Bonchev–Trinajstić information content (AvgIpc) is 3.55. The van der Waals surface area contributed by atoms with E-state index in [1.54, 1.807) is 30.5 Å². The maximum absolute atomic E-state index is 13.2. The summed E-state index contributed by atoms with van der Waals surface area (Å²) in [7, 11) is 0. The molecule has 0 atom stereocenters. The van der Waals surface area contributed by atoms with Gasteiger partial charge in [-0.05, 0) is 116 Å². The van der Waals surface area contributed by atoms with Crippen molar-refractivity contribution in [2.24, 2.45) is 22.9 Å². The number of hydrogen-bond acceptors (Lipinski definition) is 9. The second kappa shape index (κ2) is 16.1. The minimum Gasteiger partial charge on any atom is -0.457 e. The van der Waals surface area contributed by atoms with E-state index in [2.05, 4.69) is 41.1 Å². The molecule has 4 aromatic rings. The Kier molecular flexibility index (Phi) is 11.2. The van der Waals surface area contributed by atoms with Crippen LogP contribution in [-0.4, -0.2) is 29.9 Å². The maximum atomic E-state index is 13.2. The highest BCUT2D eigenvalue weighted by atomic mass is 32.1. The van der Waals surface area contributed by atoms with Crippen molar-refractivity contribution in [2.45, 2.75) is 70.6 Å². The molecule has 48 heavy (non-hydrogen) atoms. The van der Waals surface area contributed by atoms with Crippen LogP contribution in [0.25, 0.3) is 10.2 Å². The Balaban J connectivity index is 1.14. The maximum Gasteiger partial charge on any atom is 0.343 e. The summed E-state index contributed by atoms with van der Waals surface area (Å²) in [4.78, 5) is 29.0. The first-order valence-corrected chi connectivity index (χ1v) is 17.8. The van der Waals surface area contributed by atoms with Gasteiger partial charge in [-0.1, -0.05) is 62.3 Å². The molecule has 3 aromatic carbocycles. The molecule has 0 bridgehead atoms. The zero-order chi connectivity index (χ0) is 33.3. The van der Waals surface area contributed by atoms with Crippen LogP contribution in [0.4, 0.5) is 5.13 Å². The molecule has 2 fully saturated rings. The van der Waals surface area contributed by atoms with E-state index in [4.69, 9.17) is 14.2 Å². The van der Waals surface area contributed by atoms with Crippen LogP contribution < -0.4 is 14.9 Å². The number of aromatic nitrogens is 1. The zero-order valence-electron chi connectivity index (χ0n) is 27.4. The molecule has 6 rings (SSSR count). The number of hydrogen-bond donors (Lipinski definition) is 1. The van der Waals surface area contributed by atoms with Gasteiger partial charge in [0.25, 0.3) is 0 Å². The molecule has 0 radical (unpaired) electrons. The van der Waals surface area contributed by atoms with Gasteiger partial charge in [-0.2, -0.15) is 5.10 Å². The van der Waals surface area contributed by atoms with E-state index in [-0.39, 0.29) is 6.79 Å². The molecule has 8 nitrogen and oxygen atoms in total. The summed E-state index contributed by atoms with van der Waals surface area (Å²) < 4.78 is 17.2. The van der Waals surface area contributed by atoms with Crippen LogP contribution in [0, 0.1) is 17.8 Å². The van der Waals surface area contributed by atoms with E-state index in [9.17, 15) is 9.59 Å². The second-order valence-electron chi connectivity index (χ2n) is 12.8. The first kappa shape index (κ1) is 33.4. The van der Waals surface area contributed by atoms with Crippen LogP contribution in [0.3, 0.4) is 0 Å². The Morgan fingerprint density at radius 1 is 0.958 bits per heavy atom. The lowest BCUT2D eigenvalue weighted by atomic mass is 9.68. The number of fused-ring (bicyclic) bond motifs is 1. The number of carbonyl (C=O) groups excluding carboxylic acids is 2. The zero-order valence-corrected chi connectivity index (χ0v) is 28.3. The number of nitrogens with one attached hydrogen (secondary N) is 1. The number of carbonyl (C=O) groups is 2. The molecule has 250 valence electrons. The van der Waals surface area contributed by atoms with Gasteiger partial charge in [0.15, 0.2) is 0 Å². The van der Waals surface area contributed by atoms with Gasteiger partial charge in [-0.25, -0.2) is 14.6 Å². The number of para-hydroxylation sites is 1. The van der Waals surface area contributed by atoms with Crippen LogP contribution in [0.2, 0.25) is 0 Å². The largest absolute Gasteiger partial charge is 0.457 e. The first-order valence-electron chi connectivity index (χ1n) is 17.0. The summed E-state index contributed by atoms with van der Waals surface area (Å²) in [6, 6.07) is 20.5. The van der Waals surface area contributed by atoms with Crippen molar-refractivity contribution in [1.29, 1.82) is 0 Å². The quantitative estimate of drug-likeness (QED) is 0.0402. The van der Waals surface area contributed by atoms with Crippen LogP contribution in [0.1, 0.15) is 92.1 Å². The first-order chi connectivity index (χ1) is 23.5. The molecule has 2 aliphatic carbocycles. The van der Waals surface area contributed by atoms with E-state index in [0.717, 1.165) is 39.6 Å². The third-order valence-corrected chi connectivity index (χ3v) is 10.9. The van der Waals surface area contributed by atoms with E-state index < -0.39 is 11.9 Å². The van der Waals surface area contributed by atoms with Crippen LogP contribution >= 0.6 is 11.3 Å². The van der Waals surface area contributed by atoms with Gasteiger partial charge < -0.3 is 14.2 Å². The second-order valence-corrected chi connectivity index (χ2v) is 13.8. The van der Waals surface area contributed by atoms with Crippen LogP contribution in [-0.2, 0) is 9.53 Å². The molecule has 0 saturated heterocycles. The lowest BCUT2D eigenvalue weighted by Gasteiger charge is -2.38. The highest BCUT2D eigenvalue weighted by Gasteiger charge is 2.31. The number of thiazole rings is 1. The Bertz CT molecular complexity index is 1700. The topological polar surface area (TPSA) is 99.1 Å². The van der Waals surface area contributed by atoms with Gasteiger partial charge >= 0.3 is 11.9 Å². The van der Waals surface area contributed by atoms with Crippen molar-refractivity contribution in [3.8, 4) is 11.5 Å². The fourth-order valence-corrected chi connectivity index (χ4v) is 7.96. The summed E-state index contributed by atoms with van der Waals surface area (Å²) in [5, 5.41) is 5.19. The Morgan fingerprint density at radius 3 is 2.40 bits per heavy atom. The number of esters is 2. The van der Waals surface area contributed by atoms with Crippen molar-refractivity contribution in [3.63, 3.8) is 0 Å². The van der Waals surface area contributed by atoms with E-state index in [1.807, 2.05) is 30.3 Å². The molecule has 1 N–H and O–H groups in total. The summed E-state index contributed by atoms with van der Waals surface area (Å²) in [6.45, 7) is 5.43. The van der Waals surface area contributed by atoms with Crippen molar-refractivity contribution in [2.75, 3.05) is 12.2 Å². The van der Waals surface area contributed by atoms with Crippen molar-refractivity contribution in [1.82, 2.24) is 4.98 Å². The van der Waals surface area contributed by atoms with Gasteiger partial charge in [0.05, 0.1) is 22.0 Å². The van der Waals surface area contributed by atoms with Gasteiger partial charge in [0, 0.05) is 11.6 Å². The predicted molar refractivity (Wildman–Crippen MR) is 191 cm³/mol. The average molecular weight is 666 g/mol. The highest BCUT2D eigenvalue weighted by molar-refractivity contribution is 7.22. The predicted octanol–water partition coefficient (Wildman–Crippen LogP) is 9.52. The van der Waals surface area contributed by atoms with Crippen molar-refractivity contribution in [3.05, 3.63) is 96.1 Å². The number of hydrazone groups is 1. The summed E-state index contributed by atoms with van der Waals surface area (Å²) in [5.74, 6) is 2.94. The van der Waals surface area contributed by atoms with Gasteiger partial charge in [-0.15, -0.1) is 0 Å². The Morgan fingerprint density at radius 2 is 1.69 bits per heavy atom. The smallest absolute Gasteiger partial charge is 0.343 e. The number of nitrogens with zero attached hydrogens (tertiary/aromatic N) is 2. The molecule has 2 aliphatic rings. The number of rotatable bonds is 12. The minimum atomic E-state index is -0.576. The molecule has 2 saturated carbocycles. The standard InChI is InChI=1S/C39H43N3O5S/c1-3-26-9-11-27(12-10-26)28-13-15-29(16-14-28)31-19-22-35(32(23-31)24-40-42-39-41-34-7-5-6-8-36(34)48-39)47-38(44)30-17-20-33(21-18-30)45-25-46-37(43)4-2/h4-8,17-24,26-29H,2-3,9-16,25H2,1H3,(H,41,42)/b40-24+. The lowest BCUT2D eigenvalue weighted by molar-refractivity contribution is -0.144. The molecular weight excluding hydrogens is 623 g/mol. The molecule has 0 unspecified atom stereocenters. The SMILES string of the molecule is C=CC(=O)OCOc1ccc(C(=O)Oc2ccc(C3CCC(C4CCC(CC)CC4)CC3)cc2/C=N/Nc2nc3ccccc3s2)cc1. The van der Waals surface area contributed by atoms with Gasteiger partial charge in [-0.3, -0.25) is 5.43 Å². The fraction of sp³-hybridized carbons (Fsp3) is 0.385. The fourth-order valence-electron chi connectivity index (χ4n) is 7.14. The molecule has 9 heteroatoms. The summed E-state index contributed by atoms with van der Waals surface area (Å²) in [5.41, 5.74) is 6.31. The van der Waals surface area contributed by atoms with Gasteiger partial charge in [0.1, 0.15) is 11.5 Å². The third kappa shape index (κ3) is 8.50. The molecular formula is C39H43N3O5S. The van der Waals surface area contributed by atoms with Crippen LogP contribution in [0.15, 0.2) is 84.5 Å².